The first-order valence-corrected chi connectivity index (χ1v) is 8.70. The van der Waals surface area contributed by atoms with E-state index in [1.807, 2.05) is 42.5 Å². The Labute approximate surface area is 159 Å². The van der Waals surface area contributed by atoms with Crippen molar-refractivity contribution in [3.8, 4) is 11.5 Å². The van der Waals surface area contributed by atoms with Crippen LogP contribution in [0, 0.1) is 5.92 Å². The number of rotatable bonds is 9. The molecule has 0 aromatic heterocycles. The van der Waals surface area contributed by atoms with Gasteiger partial charge in [0, 0.05) is 13.1 Å². The number of hydrogen-bond acceptors (Lipinski definition) is 5. The first-order chi connectivity index (χ1) is 13.0. The number of methoxy groups -OCH3 is 2. The molecular weight excluding hydrogens is 346 g/mol. The Balaban J connectivity index is 2.08. The van der Waals surface area contributed by atoms with Crippen molar-refractivity contribution in [1.82, 2.24) is 4.90 Å². The second-order valence-electron chi connectivity index (χ2n) is 6.12. The SMILES string of the molecule is COC(=O)C(C)CN(Cc1ccccc1)C(=O)COc1ccccc1OC. The second-order valence-corrected chi connectivity index (χ2v) is 6.12. The average Bonchev–Trinajstić information content (AvgIpc) is 2.71. The lowest BCUT2D eigenvalue weighted by Crippen LogP contribution is -2.39. The molecule has 0 aliphatic rings. The minimum absolute atomic E-state index is 0.152. The fourth-order valence-electron chi connectivity index (χ4n) is 2.63. The summed E-state index contributed by atoms with van der Waals surface area (Å²) >= 11 is 0. The molecule has 0 saturated heterocycles. The molecule has 1 unspecified atom stereocenters. The van der Waals surface area contributed by atoms with Gasteiger partial charge in [-0.3, -0.25) is 9.59 Å². The average molecular weight is 371 g/mol. The number of para-hydroxylation sites is 2. The van der Waals surface area contributed by atoms with Gasteiger partial charge < -0.3 is 19.1 Å². The standard InChI is InChI=1S/C21H25NO5/c1-16(21(24)26-3)13-22(14-17-9-5-4-6-10-17)20(23)15-27-19-12-8-7-11-18(19)25-2/h4-12,16H,13-15H2,1-3H3. The van der Waals surface area contributed by atoms with Gasteiger partial charge in [0.25, 0.3) is 5.91 Å². The van der Waals surface area contributed by atoms with Crippen LogP contribution in [0.15, 0.2) is 54.6 Å². The van der Waals surface area contributed by atoms with Crippen LogP contribution in [0.2, 0.25) is 0 Å². The third kappa shape index (κ3) is 6.02. The number of amides is 1. The monoisotopic (exact) mass is 371 g/mol. The van der Waals surface area contributed by atoms with Gasteiger partial charge in [0.1, 0.15) is 0 Å². The molecule has 0 bridgehead atoms. The summed E-state index contributed by atoms with van der Waals surface area (Å²) in [6, 6.07) is 16.7. The summed E-state index contributed by atoms with van der Waals surface area (Å²) in [7, 11) is 2.89. The highest BCUT2D eigenvalue weighted by molar-refractivity contribution is 5.79. The molecule has 2 rings (SSSR count). The summed E-state index contributed by atoms with van der Waals surface area (Å²) in [4.78, 5) is 26.2. The number of ether oxygens (including phenoxy) is 3. The van der Waals surface area contributed by atoms with Crippen molar-refractivity contribution in [1.29, 1.82) is 0 Å². The minimum atomic E-state index is -0.436. The van der Waals surface area contributed by atoms with Crippen LogP contribution in [0.1, 0.15) is 12.5 Å². The molecule has 2 aromatic rings. The van der Waals surface area contributed by atoms with Crippen molar-refractivity contribution in [3.05, 3.63) is 60.2 Å². The molecule has 27 heavy (non-hydrogen) atoms. The third-order valence-corrected chi connectivity index (χ3v) is 4.09. The molecule has 6 nitrogen and oxygen atoms in total. The predicted molar refractivity (Wildman–Crippen MR) is 102 cm³/mol. The van der Waals surface area contributed by atoms with Gasteiger partial charge >= 0.3 is 5.97 Å². The Morgan fingerprint density at radius 2 is 1.59 bits per heavy atom. The first kappa shape index (κ1) is 20.3. The zero-order chi connectivity index (χ0) is 19.6. The van der Waals surface area contributed by atoms with Crippen LogP contribution in [0.25, 0.3) is 0 Å². The van der Waals surface area contributed by atoms with E-state index in [1.165, 1.54) is 7.11 Å². The Bertz CT molecular complexity index is 747. The molecule has 0 aliphatic carbocycles. The number of carbonyl (C=O) groups is 2. The van der Waals surface area contributed by atoms with Gasteiger partial charge in [-0.2, -0.15) is 0 Å². The lowest BCUT2D eigenvalue weighted by atomic mass is 10.1. The van der Waals surface area contributed by atoms with Crippen molar-refractivity contribution in [2.24, 2.45) is 5.92 Å². The van der Waals surface area contributed by atoms with Crippen molar-refractivity contribution >= 4 is 11.9 Å². The highest BCUT2D eigenvalue weighted by Crippen LogP contribution is 2.25. The molecule has 1 amide bonds. The zero-order valence-corrected chi connectivity index (χ0v) is 15.9. The van der Waals surface area contributed by atoms with Gasteiger partial charge in [-0.15, -0.1) is 0 Å². The molecule has 144 valence electrons. The number of esters is 1. The van der Waals surface area contributed by atoms with Crippen LogP contribution in [-0.4, -0.2) is 44.1 Å². The Hall–Kier alpha value is -3.02. The van der Waals surface area contributed by atoms with Crippen molar-refractivity contribution in [2.75, 3.05) is 27.4 Å². The topological polar surface area (TPSA) is 65.1 Å². The highest BCUT2D eigenvalue weighted by Gasteiger charge is 2.22. The quantitative estimate of drug-likeness (QED) is 0.634. The fourth-order valence-corrected chi connectivity index (χ4v) is 2.63. The first-order valence-electron chi connectivity index (χ1n) is 8.70. The maximum absolute atomic E-state index is 12.8. The van der Waals surface area contributed by atoms with Gasteiger partial charge in [0.05, 0.1) is 20.1 Å². The second kappa shape index (κ2) is 10.2. The molecule has 0 saturated carbocycles. The molecule has 0 N–H and O–H groups in total. The molecule has 0 spiro atoms. The number of carbonyl (C=O) groups excluding carboxylic acids is 2. The summed E-state index contributed by atoms with van der Waals surface area (Å²) in [5.41, 5.74) is 0.972. The summed E-state index contributed by atoms with van der Waals surface area (Å²) in [5, 5.41) is 0. The van der Waals surface area contributed by atoms with Crippen molar-refractivity contribution < 1.29 is 23.8 Å². The summed E-state index contributed by atoms with van der Waals surface area (Å²) < 4.78 is 15.7. The van der Waals surface area contributed by atoms with E-state index in [0.717, 1.165) is 5.56 Å². The van der Waals surface area contributed by atoms with Crippen LogP contribution >= 0.6 is 0 Å². The van der Waals surface area contributed by atoms with E-state index in [1.54, 1.807) is 31.1 Å². The summed E-state index contributed by atoms with van der Waals surface area (Å²) in [5.74, 6) is 0.0396. The fraction of sp³-hybridized carbons (Fsp3) is 0.333. The Kier molecular flexibility index (Phi) is 7.67. The lowest BCUT2D eigenvalue weighted by Gasteiger charge is -2.25. The minimum Gasteiger partial charge on any atom is -0.493 e. The van der Waals surface area contributed by atoms with E-state index in [9.17, 15) is 9.59 Å². The van der Waals surface area contributed by atoms with Crippen LogP contribution in [0.5, 0.6) is 11.5 Å². The maximum atomic E-state index is 12.8. The molecule has 0 fully saturated rings. The molecule has 1 atom stereocenters. The van der Waals surface area contributed by atoms with Crippen LogP contribution in [-0.2, 0) is 20.9 Å². The van der Waals surface area contributed by atoms with E-state index in [2.05, 4.69) is 0 Å². The summed E-state index contributed by atoms with van der Waals surface area (Å²) in [6.07, 6.45) is 0. The van der Waals surface area contributed by atoms with Gasteiger partial charge in [-0.05, 0) is 17.7 Å². The Morgan fingerprint density at radius 1 is 0.963 bits per heavy atom. The van der Waals surface area contributed by atoms with E-state index in [4.69, 9.17) is 14.2 Å². The highest BCUT2D eigenvalue weighted by atomic mass is 16.5. The van der Waals surface area contributed by atoms with Gasteiger partial charge in [-0.1, -0.05) is 49.4 Å². The molecule has 6 heteroatoms. The maximum Gasteiger partial charge on any atom is 0.310 e. The van der Waals surface area contributed by atoms with Crippen molar-refractivity contribution in [3.63, 3.8) is 0 Å². The normalized spacial score (nSPS) is 11.4. The van der Waals surface area contributed by atoms with Gasteiger partial charge in [-0.25, -0.2) is 0 Å². The number of nitrogens with zero attached hydrogens (tertiary/aromatic N) is 1. The molecule has 2 aromatic carbocycles. The van der Waals surface area contributed by atoms with Crippen LogP contribution in [0.3, 0.4) is 0 Å². The molecule has 0 heterocycles. The van der Waals surface area contributed by atoms with E-state index in [0.29, 0.717) is 18.0 Å². The molecule has 0 radical (unpaired) electrons. The van der Waals surface area contributed by atoms with E-state index >= 15 is 0 Å². The molecule has 0 aliphatic heterocycles. The largest absolute Gasteiger partial charge is 0.493 e. The lowest BCUT2D eigenvalue weighted by molar-refractivity contribution is -0.147. The smallest absolute Gasteiger partial charge is 0.310 e. The van der Waals surface area contributed by atoms with E-state index in [-0.39, 0.29) is 25.0 Å². The molecular formula is C21H25NO5. The van der Waals surface area contributed by atoms with Gasteiger partial charge in [0.2, 0.25) is 0 Å². The third-order valence-electron chi connectivity index (χ3n) is 4.09. The van der Waals surface area contributed by atoms with Crippen LogP contribution in [0.4, 0.5) is 0 Å². The number of benzene rings is 2. The number of hydrogen-bond donors (Lipinski definition) is 0. The van der Waals surface area contributed by atoms with Gasteiger partial charge in [0.15, 0.2) is 18.1 Å². The van der Waals surface area contributed by atoms with Crippen LogP contribution < -0.4 is 9.47 Å². The zero-order valence-electron chi connectivity index (χ0n) is 15.9. The van der Waals surface area contributed by atoms with E-state index < -0.39 is 5.92 Å². The Morgan fingerprint density at radius 3 is 2.22 bits per heavy atom. The predicted octanol–water partition coefficient (Wildman–Crippen LogP) is 2.91. The summed E-state index contributed by atoms with van der Waals surface area (Å²) in [6.45, 7) is 2.21. The van der Waals surface area contributed by atoms with Crippen molar-refractivity contribution in [2.45, 2.75) is 13.5 Å².